The first-order chi connectivity index (χ1) is 20.9. The average molecular weight is 610 g/mol. The maximum absolute atomic E-state index is 14.3. The first-order valence-electron chi connectivity index (χ1n) is 14.5. The van der Waals surface area contributed by atoms with Crippen molar-refractivity contribution in [3.05, 3.63) is 73.1 Å². The van der Waals surface area contributed by atoms with Crippen molar-refractivity contribution in [3.63, 3.8) is 0 Å². The molecule has 0 amide bonds. The van der Waals surface area contributed by atoms with Crippen LogP contribution in [0.3, 0.4) is 0 Å². The van der Waals surface area contributed by atoms with Gasteiger partial charge >= 0.3 is 13.5 Å². The molecule has 0 fully saturated rings. The smallest absolute Gasteiger partial charge is 0.342 e. The summed E-state index contributed by atoms with van der Waals surface area (Å²) < 4.78 is 33.4. The van der Waals surface area contributed by atoms with Crippen LogP contribution in [-0.4, -0.2) is 57.6 Å². The molecule has 13 heteroatoms. The number of hydrogen-bond acceptors (Lipinski definition) is 10. The van der Waals surface area contributed by atoms with Crippen LogP contribution in [0.5, 0.6) is 5.75 Å². The van der Waals surface area contributed by atoms with E-state index >= 15 is 0 Å². The molecule has 2 aromatic heterocycles. The zero-order valence-electron chi connectivity index (χ0n) is 24.5. The minimum atomic E-state index is -3.76. The number of nitrogens with two attached hydrogens (primary N) is 1. The summed E-state index contributed by atoms with van der Waals surface area (Å²) in [4.78, 5) is 26.1. The normalized spacial score (nSPS) is 15.0. The summed E-state index contributed by atoms with van der Waals surface area (Å²) in [7, 11) is -3.76. The van der Waals surface area contributed by atoms with Crippen LogP contribution >= 0.6 is 7.52 Å². The van der Waals surface area contributed by atoms with E-state index in [1.807, 2.05) is 19.1 Å². The van der Waals surface area contributed by atoms with Crippen LogP contribution in [0.1, 0.15) is 39.0 Å². The van der Waals surface area contributed by atoms with Crippen LogP contribution in [0.15, 0.2) is 73.1 Å². The Morgan fingerprint density at radius 3 is 2.81 bits per heavy atom. The second-order valence-electron chi connectivity index (χ2n) is 9.99. The molecule has 0 saturated heterocycles. The number of para-hydroxylation sites is 1. The fraction of sp³-hybridized carbons (Fsp3) is 0.400. The van der Waals surface area contributed by atoms with E-state index in [9.17, 15) is 9.36 Å². The molecule has 230 valence electrons. The Labute approximate surface area is 251 Å². The number of anilines is 2. The Balaban J connectivity index is 1.48. The van der Waals surface area contributed by atoms with Crippen molar-refractivity contribution in [1.82, 2.24) is 24.6 Å². The lowest BCUT2D eigenvalue weighted by Gasteiger charge is -2.26. The molecule has 0 saturated carbocycles. The third-order valence-corrected chi connectivity index (χ3v) is 8.25. The van der Waals surface area contributed by atoms with E-state index in [4.69, 9.17) is 19.7 Å². The Bertz CT molecular complexity index is 1470. The van der Waals surface area contributed by atoms with E-state index in [0.717, 1.165) is 31.3 Å². The van der Waals surface area contributed by atoms with Gasteiger partial charge in [0.1, 0.15) is 18.1 Å². The second-order valence-corrected chi connectivity index (χ2v) is 12.0. The zero-order chi connectivity index (χ0) is 30.5. The largest absolute Gasteiger partial charge is 0.465 e. The fourth-order valence-electron chi connectivity index (χ4n) is 4.40. The Kier molecular flexibility index (Phi) is 11.9. The summed E-state index contributed by atoms with van der Waals surface area (Å²) in [6.07, 6.45) is 12.9. The predicted molar refractivity (Wildman–Crippen MR) is 168 cm³/mol. The quantitative estimate of drug-likeness (QED) is 0.0752. The minimum Gasteiger partial charge on any atom is -0.465 e. The van der Waals surface area contributed by atoms with Gasteiger partial charge in [-0.2, -0.15) is 9.97 Å². The third kappa shape index (κ3) is 9.51. The second kappa shape index (κ2) is 16.0. The van der Waals surface area contributed by atoms with Gasteiger partial charge in [0.2, 0.25) is 5.95 Å². The lowest BCUT2D eigenvalue weighted by atomic mass is 10.0. The first-order valence-corrected chi connectivity index (χ1v) is 16.3. The first kappa shape index (κ1) is 31.9. The highest BCUT2D eigenvalue weighted by molar-refractivity contribution is 7.57. The number of carbonyl (C=O) groups excluding carboxylic acids is 1. The monoisotopic (exact) mass is 609 g/mol. The van der Waals surface area contributed by atoms with Crippen molar-refractivity contribution in [3.8, 4) is 5.75 Å². The van der Waals surface area contributed by atoms with Gasteiger partial charge in [-0.3, -0.25) is 9.36 Å². The lowest BCUT2D eigenvalue weighted by Crippen LogP contribution is -2.38. The minimum absolute atomic E-state index is 0.103. The average Bonchev–Trinajstić information content (AvgIpc) is 3.41. The number of nitrogens with zero attached hydrogens (tertiary/aromatic N) is 4. The molecule has 1 aliphatic carbocycles. The molecular formula is C30H40N7O5P. The van der Waals surface area contributed by atoms with Crippen molar-refractivity contribution >= 4 is 36.4 Å². The molecule has 0 spiro atoms. The van der Waals surface area contributed by atoms with Gasteiger partial charge in [-0.05, 0) is 37.8 Å². The SMILES string of the molecule is C=CCNc1nc(N)nc2c1ncn2CCOCP(=O)(NC(CC1=CCCC=C1)C(=O)OCCCC)Oc1ccccc1. The number of benzene rings is 1. The van der Waals surface area contributed by atoms with Crippen LogP contribution in [0.25, 0.3) is 11.2 Å². The zero-order valence-corrected chi connectivity index (χ0v) is 25.4. The molecule has 3 aromatic rings. The summed E-state index contributed by atoms with van der Waals surface area (Å²) in [5, 5.41) is 6.11. The standard InChI is InChI=1S/C30H40N7O5P/c1-3-5-18-41-29(38)25(20-23-12-8-6-9-13-23)36-43(39,42-24-14-10-7-11-15-24)22-40-19-17-37-21-33-26-27(32-16-4-2)34-30(31)35-28(26)37/h4,7-8,10-15,21,25H,2-3,5-6,9,16-20,22H2,1H3,(H,36,39)(H3,31,32,34,35). The predicted octanol–water partition coefficient (Wildman–Crippen LogP) is 5.22. The number of aromatic nitrogens is 4. The molecule has 0 bridgehead atoms. The number of nitrogens with one attached hydrogen (secondary N) is 2. The van der Waals surface area contributed by atoms with Crippen LogP contribution in [-0.2, 0) is 25.4 Å². The molecule has 2 atom stereocenters. The van der Waals surface area contributed by atoms with Crippen molar-refractivity contribution in [1.29, 1.82) is 0 Å². The van der Waals surface area contributed by atoms with Gasteiger partial charge in [0.25, 0.3) is 0 Å². The van der Waals surface area contributed by atoms with E-state index < -0.39 is 19.5 Å². The van der Waals surface area contributed by atoms with Crippen LogP contribution in [0.4, 0.5) is 11.8 Å². The van der Waals surface area contributed by atoms with Crippen molar-refractivity contribution < 1.29 is 23.4 Å². The number of rotatable bonds is 18. The van der Waals surface area contributed by atoms with Gasteiger partial charge in [0, 0.05) is 13.1 Å². The number of fused-ring (bicyclic) bond motifs is 1. The maximum atomic E-state index is 14.3. The van der Waals surface area contributed by atoms with Crippen LogP contribution < -0.4 is 20.7 Å². The van der Waals surface area contributed by atoms with Crippen molar-refractivity contribution in [2.24, 2.45) is 0 Å². The number of imidazole rings is 1. The number of carbonyl (C=O) groups is 1. The van der Waals surface area contributed by atoms with Gasteiger partial charge in [0.15, 0.2) is 17.0 Å². The van der Waals surface area contributed by atoms with E-state index in [2.05, 4.69) is 44.1 Å². The summed E-state index contributed by atoms with van der Waals surface area (Å²) >= 11 is 0. The number of unbranched alkanes of at least 4 members (excludes halogenated alkanes) is 1. The molecule has 1 aromatic carbocycles. The van der Waals surface area contributed by atoms with E-state index in [1.54, 1.807) is 41.2 Å². The van der Waals surface area contributed by atoms with Gasteiger partial charge in [-0.15, -0.1) is 6.58 Å². The molecule has 1 aliphatic rings. The van der Waals surface area contributed by atoms with Gasteiger partial charge in [0.05, 0.1) is 19.5 Å². The topological polar surface area (TPSA) is 156 Å². The van der Waals surface area contributed by atoms with E-state index in [1.165, 1.54) is 0 Å². The summed E-state index contributed by atoms with van der Waals surface area (Å²) in [6.45, 7) is 7.02. The van der Waals surface area contributed by atoms with Crippen molar-refractivity contribution in [2.45, 2.75) is 51.6 Å². The van der Waals surface area contributed by atoms with E-state index in [0.29, 0.717) is 48.8 Å². The maximum Gasteiger partial charge on any atom is 0.342 e. The highest BCUT2D eigenvalue weighted by Gasteiger charge is 2.34. The molecule has 43 heavy (non-hydrogen) atoms. The summed E-state index contributed by atoms with van der Waals surface area (Å²) in [5.41, 5.74) is 7.99. The van der Waals surface area contributed by atoms with Crippen LogP contribution in [0.2, 0.25) is 0 Å². The summed E-state index contributed by atoms with van der Waals surface area (Å²) in [5.74, 6) is 0.524. The van der Waals surface area contributed by atoms with E-state index in [-0.39, 0.29) is 18.9 Å². The molecule has 2 unspecified atom stereocenters. The lowest BCUT2D eigenvalue weighted by molar-refractivity contribution is -0.145. The Morgan fingerprint density at radius 1 is 1.23 bits per heavy atom. The Hall–Kier alpha value is -3.99. The molecule has 12 nitrogen and oxygen atoms in total. The van der Waals surface area contributed by atoms with Crippen LogP contribution in [0, 0.1) is 0 Å². The number of esters is 1. The third-order valence-electron chi connectivity index (χ3n) is 6.52. The molecule has 2 heterocycles. The number of nitrogen functional groups attached to an aromatic ring is 1. The molecule has 4 N–H and O–H groups in total. The number of ether oxygens (including phenoxy) is 2. The fourth-order valence-corrected chi connectivity index (χ4v) is 6.08. The molecule has 0 radical (unpaired) electrons. The van der Waals surface area contributed by atoms with Gasteiger partial charge in [-0.1, -0.05) is 61.4 Å². The molecule has 4 rings (SSSR count). The number of allylic oxidation sites excluding steroid dienone is 3. The summed E-state index contributed by atoms with van der Waals surface area (Å²) in [6, 6.07) is 7.92. The molecule has 0 aliphatic heterocycles. The highest BCUT2D eigenvalue weighted by atomic mass is 31.2. The van der Waals surface area contributed by atoms with Crippen molar-refractivity contribution in [2.75, 3.05) is 37.2 Å². The Morgan fingerprint density at radius 2 is 2.07 bits per heavy atom. The molecular weight excluding hydrogens is 569 g/mol. The van der Waals surface area contributed by atoms with Gasteiger partial charge in [-0.25, -0.2) is 10.1 Å². The van der Waals surface area contributed by atoms with Gasteiger partial charge < -0.3 is 29.6 Å². The highest BCUT2D eigenvalue weighted by Crippen LogP contribution is 2.44. The number of hydrogen-bond donors (Lipinski definition) is 3.